The highest BCUT2D eigenvalue weighted by Crippen LogP contribution is 2.46. The number of rotatable bonds is 2. The van der Waals surface area contributed by atoms with E-state index in [-0.39, 0.29) is 18.1 Å². The number of nitrogens with one attached hydrogen (secondary N) is 1. The first-order valence-corrected chi connectivity index (χ1v) is 8.52. The molecule has 2 aromatic carbocycles. The number of thiophene rings is 1. The van der Waals surface area contributed by atoms with Gasteiger partial charge in [-0.2, -0.15) is 0 Å². The maximum atomic E-state index is 13.6. The monoisotopic (exact) mass is 359 g/mol. The van der Waals surface area contributed by atoms with Crippen molar-refractivity contribution in [1.82, 2.24) is 0 Å². The SMILES string of the molecule is O=C1C[C@H](c2cc(F)cc(F)c2)c2scc(-c3cccc(F)c3)c2N1. The van der Waals surface area contributed by atoms with E-state index in [0.717, 1.165) is 10.9 Å². The second-order valence-corrected chi connectivity index (χ2v) is 6.82. The normalized spacial score (nSPS) is 16.4. The third-order valence-electron chi connectivity index (χ3n) is 4.21. The minimum absolute atomic E-state index is 0.110. The maximum absolute atomic E-state index is 13.6. The molecule has 0 fully saturated rings. The van der Waals surface area contributed by atoms with Gasteiger partial charge in [0.1, 0.15) is 17.5 Å². The number of hydrogen-bond acceptors (Lipinski definition) is 2. The van der Waals surface area contributed by atoms with Gasteiger partial charge in [0, 0.05) is 34.2 Å². The molecule has 0 unspecified atom stereocenters. The summed E-state index contributed by atoms with van der Waals surface area (Å²) in [6, 6.07) is 9.39. The molecule has 4 rings (SSSR count). The third kappa shape index (κ3) is 2.93. The van der Waals surface area contributed by atoms with Crippen molar-refractivity contribution in [3.63, 3.8) is 0 Å². The van der Waals surface area contributed by atoms with Gasteiger partial charge in [0.25, 0.3) is 0 Å². The van der Waals surface area contributed by atoms with Crippen LogP contribution >= 0.6 is 11.3 Å². The van der Waals surface area contributed by atoms with Gasteiger partial charge >= 0.3 is 0 Å². The Morgan fingerprint density at radius 1 is 1.00 bits per heavy atom. The van der Waals surface area contributed by atoms with Crippen LogP contribution in [0, 0.1) is 17.5 Å². The molecule has 1 amide bonds. The average molecular weight is 359 g/mol. The number of fused-ring (bicyclic) bond motifs is 1. The molecule has 0 radical (unpaired) electrons. The number of hydrogen-bond donors (Lipinski definition) is 1. The van der Waals surface area contributed by atoms with Gasteiger partial charge in [0.15, 0.2) is 0 Å². The lowest BCUT2D eigenvalue weighted by atomic mass is 9.89. The first kappa shape index (κ1) is 15.9. The molecule has 126 valence electrons. The van der Waals surface area contributed by atoms with E-state index in [1.165, 1.54) is 35.6 Å². The van der Waals surface area contributed by atoms with Crippen molar-refractivity contribution in [3.05, 3.63) is 75.7 Å². The van der Waals surface area contributed by atoms with E-state index in [1.807, 2.05) is 5.38 Å². The Morgan fingerprint density at radius 3 is 2.48 bits per heavy atom. The van der Waals surface area contributed by atoms with Crippen LogP contribution in [0.25, 0.3) is 11.1 Å². The van der Waals surface area contributed by atoms with Crippen molar-refractivity contribution >= 4 is 22.9 Å². The summed E-state index contributed by atoms with van der Waals surface area (Å²) in [4.78, 5) is 13.0. The highest BCUT2D eigenvalue weighted by molar-refractivity contribution is 7.11. The Kier molecular flexibility index (Phi) is 3.84. The standard InChI is InChI=1S/C19H12F3NOS/c20-12-3-1-2-10(4-12)16-9-25-19-15(8-17(24)23-18(16)19)11-5-13(21)7-14(22)6-11/h1-7,9,15H,8H2,(H,23,24)/t15-/m1/s1. The van der Waals surface area contributed by atoms with E-state index in [0.29, 0.717) is 22.4 Å². The van der Waals surface area contributed by atoms with Crippen molar-refractivity contribution in [2.75, 3.05) is 5.32 Å². The predicted octanol–water partition coefficient (Wildman–Crippen LogP) is 5.31. The van der Waals surface area contributed by atoms with Gasteiger partial charge in [-0.15, -0.1) is 11.3 Å². The summed E-state index contributed by atoms with van der Waals surface area (Å²) < 4.78 is 40.7. The summed E-state index contributed by atoms with van der Waals surface area (Å²) in [5.74, 6) is -2.39. The molecular weight excluding hydrogens is 347 g/mol. The van der Waals surface area contributed by atoms with Crippen molar-refractivity contribution in [2.45, 2.75) is 12.3 Å². The average Bonchev–Trinajstić information content (AvgIpc) is 2.96. The summed E-state index contributed by atoms with van der Waals surface area (Å²) in [7, 11) is 0. The molecule has 1 aromatic heterocycles. The molecule has 2 heterocycles. The fraction of sp³-hybridized carbons (Fsp3) is 0.105. The predicted molar refractivity (Wildman–Crippen MR) is 91.2 cm³/mol. The number of anilines is 1. The molecule has 2 nitrogen and oxygen atoms in total. The van der Waals surface area contributed by atoms with Crippen molar-refractivity contribution in [3.8, 4) is 11.1 Å². The van der Waals surface area contributed by atoms with E-state index in [9.17, 15) is 18.0 Å². The van der Waals surface area contributed by atoms with Gasteiger partial charge in [0.2, 0.25) is 5.91 Å². The van der Waals surface area contributed by atoms with E-state index < -0.39 is 17.6 Å². The lowest BCUT2D eigenvalue weighted by Gasteiger charge is -2.24. The number of carbonyl (C=O) groups excluding carboxylic acids is 1. The Hall–Kier alpha value is -2.60. The lowest BCUT2D eigenvalue weighted by Crippen LogP contribution is -2.22. The number of amides is 1. The molecule has 3 aromatic rings. The van der Waals surface area contributed by atoms with Crippen LogP contribution in [-0.2, 0) is 4.79 Å². The smallest absolute Gasteiger partial charge is 0.225 e. The number of carbonyl (C=O) groups is 1. The van der Waals surface area contributed by atoms with Crippen LogP contribution in [0.4, 0.5) is 18.9 Å². The van der Waals surface area contributed by atoms with Gasteiger partial charge in [-0.25, -0.2) is 13.2 Å². The summed E-state index contributed by atoms with van der Waals surface area (Å²) in [5.41, 5.74) is 2.35. The van der Waals surface area contributed by atoms with Crippen LogP contribution in [0.2, 0.25) is 0 Å². The van der Waals surface area contributed by atoms with Gasteiger partial charge in [-0.05, 0) is 35.4 Å². The minimum Gasteiger partial charge on any atom is -0.325 e. The molecule has 0 bridgehead atoms. The van der Waals surface area contributed by atoms with Crippen LogP contribution in [-0.4, -0.2) is 5.91 Å². The van der Waals surface area contributed by atoms with Gasteiger partial charge in [-0.3, -0.25) is 4.79 Å². The topological polar surface area (TPSA) is 29.1 Å². The minimum atomic E-state index is -0.676. The van der Waals surface area contributed by atoms with Gasteiger partial charge in [-0.1, -0.05) is 12.1 Å². The largest absolute Gasteiger partial charge is 0.325 e. The van der Waals surface area contributed by atoms with Crippen LogP contribution < -0.4 is 5.32 Å². The third-order valence-corrected chi connectivity index (χ3v) is 5.31. The summed E-state index contributed by atoms with van der Waals surface area (Å²) >= 11 is 1.39. The van der Waals surface area contributed by atoms with Crippen LogP contribution in [0.3, 0.4) is 0 Å². The fourth-order valence-electron chi connectivity index (χ4n) is 3.14. The second kappa shape index (κ2) is 6.04. The molecular formula is C19H12F3NOS. The zero-order valence-electron chi connectivity index (χ0n) is 12.9. The van der Waals surface area contributed by atoms with Gasteiger partial charge < -0.3 is 5.32 Å². The van der Waals surface area contributed by atoms with Crippen LogP contribution in [0.5, 0.6) is 0 Å². The molecule has 1 aliphatic rings. The second-order valence-electron chi connectivity index (χ2n) is 5.91. The van der Waals surface area contributed by atoms with E-state index in [1.54, 1.807) is 12.1 Å². The number of benzene rings is 2. The summed E-state index contributed by atoms with van der Waals surface area (Å²) in [5, 5.41) is 4.64. The summed E-state index contributed by atoms with van der Waals surface area (Å²) in [6.45, 7) is 0. The molecule has 1 aliphatic heterocycles. The Bertz CT molecular complexity index is 962. The molecule has 1 atom stereocenters. The Morgan fingerprint density at radius 2 is 1.76 bits per heavy atom. The van der Waals surface area contributed by atoms with Crippen LogP contribution in [0.15, 0.2) is 47.8 Å². The van der Waals surface area contributed by atoms with E-state index >= 15 is 0 Å². The molecule has 0 aliphatic carbocycles. The molecule has 0 spiro atoms. The zero-order chi connectivity index (χ0) is 17.6. The zero-order valence-corrected chi connectivity index (χ0v) is 13.7. The van der Waals surface area contributed by atoms with Crippen molar-refractivity contribution in [2.24, 2.45) is 0 Å². The van der Waals surface area contributed by atoms with Gasteiger partial charge in [0.05, 0.1) is 5.69 Å². The fourth-order valence-corrected chi connectivity index (χ4v) is 4.30. The van der Waals surface area contributed by atoms with E-state index in [4.69, 9.17) is 0 Å². The van der Waals surface area contributed by atoms with Crippen LogP contribution in [0.1, 0.15) is 22.8 Å². The molecule has 25 heavy (non-hydrogen) atoms. The summed E-state index contributed by atoms with van der Waals surface area (Å²) in [6.07, 6.45) is 0.110. The van der Waals surface area contributed by atoms with E-state index in [2.05, 4.69) is 5.32 Å². The van der Waals surface area contributed by atoms with Crippen molar-refractivity contribution in [1.29, 1.82) is 0 Å². The molecule has 6 heteroatoms. The number of halogens is 3. The Balaban J connectivity index is 1.84. The first-order chi connectivity index (χ1) is 12.0. The highest BCUT2D eigenvalue weighted by atomic mass is 32.1. The quantitative estimate of drug-likeness (QED) is 0.660. The highest BCUT2D eigenvalue weighted by Gasteiger charge is 2.31. The van der Waals surface area contributed by atoms with Crippen molar-refractivity contribution < 1.29 is 18.0 Å². The molecule has 1 N–H and O–H groups in total. The first-order valence-electron chi connectivity index (χ1n) is 7.64. The molecule has 0 saturated heterocycles. The molecule has 0 saturated carbocycles. The Labute approximate surface area is 145 Å². The lowest BCUT2D eigenvalue weighted by molar-refractivity contribution is -0.116. The maximum Gasteiger partial charge on any atom is 0.225 e.